The number of rotatable bonds is 6. The summed E-state index contributed by atoms with van der Waals surface area (Å²) in [5, 5.41) is 2.88. The zero-order chi connectivity index (χ0) is 21.7. The van der Waals surface area contributed by atoms with Crippen LogP contribution in [0, 0.1) is 6.92 Å². The standard InChI is InChI=1S/C22H26N2O6/c1-14-16(22(26)24-8-10-30-11-9-24)6-5-7-17(14)23-21(25)15-12-18(27-2)20(29-4)19(13-15)28-3/h5-7,12-13H,8-11H2,1-4H3,(H,23,25). The molecule has 1 aliphatic heterocycles. The maximum absolute atomic E-state index is 12.9. The number of nitrogens with zero attached hydrogens (tertiary/aromatic N) is 1. The van der Waals surface area contributed by atoms with Crippen LogP contribution in [-0.4, -0.2) is 64.3 Å². The van der Waals surface area contributed by atoms with Gasteiger partial charge >= 0.3 is 0 Å². The fourth-order valence-corrected chi connectivity index (χ4v) is 3.35. The summed E-state index contributed by atoms with van der Waals surface area (Å²) in [5.41, 5.74) is 2.16. The second-order valence-electron chi connectivity index (χ2n) is 6.75. The molecule has 2 aromatic carbocycles. The van der Waals surface area contributed by atoms with Crippen LogP contribution >= 0.6 is 0 Å². The first-order valence-corrected chi connectivity index (χ1v) is 9.58. The highest BCUT2D eigenvalue weighted by Gasteiger charge is 2.22. The minimum atomic E-state index is -0.353. The number of carbonyl (C=O) groups excluding carboxylic acids is 2. The van der Waals surface area contributed by atoms with E-state index >= 15 is 0 Å². The lowest BCUT2D eigenvalue weighted by molar-refractivity contribution is 0.0302. The van der Waals surface area contributed by atoms with Gasteiger partial charge in [-0.1, -0.05) is 6.07 Å². The Morgan fingerprint density at radius 2 is 1.63 bits per heavy atom. The van der Waals surface area contributed by atoms with Crippen LogP contribution < -0.4 is 19.5 Å². The smallest absolute Gasteiger partial charge is 0.255 e. The zero-order valence-corrected chi connectivity index (χ0v) is 17.6. The normalized spacial score (nSPS) is 13.5. The number of ether oxygens (including phenoxy) is 4. The third-order valence-electron chi connectivity index (χ3n) is 5.04. The van der Waals surface area contributed by atoms with Gasteiger partial charge in [0.15, 0.2) is 11.5 Å². The number of hydrogen-bond acceptors (Lipinski definition) is 6. The van der Waals surface area contributed by atoms with Crippen molar-refractivity contribution in [3.63, 3.8) is 0 Å². The monoisotopic (exact) mass is 414 g/mol. The molecule has 1 saturated heterocycles. The largest absolute Gasteiger partial charge is 0.493 e. The molecule has 160 valence electrons. The topological polar surface area (TPSA) is 86.3 Å². The summed E-state index contributed by atoms with van der Waals surface area (Å²) in [6.45, 7) is 3.99. The molecular weight excluding hydrogens is 388 g/mol. The van der Waals surface area contributed by atoms with Gasteiger partial charge in [0.05, 0.1) is 34.5 Å². The van der Waals surface area contributed by atoms with Gasteiger partial charge in [-0.05, 0) is 36.8 Å². The number of anilines is 1. The molecule has 3 rings (SSSR count). The summed E-state index contributed by atoms with van der Waals surface area (Å²) in [6, 6.07) is 8.44. The highest BCUT2D eigenvalue weighted by molar-refractivity contribution is 6.06. The molecule has 1 N–H and O–H groups in total. The van der Waals surface area contributed by atoms with E-state index in [0.717, 1.165) is 0 Å². The van der Waals surface area contributed by atoms with Gasteiger partial charge in [0.25, 0.3) is 11.8 Å². The Labute approximate surface area is 175 Å². The van der Waals surface area contributed by atoms with Crippen LogP contribution in [0.2, 0.25) is 0 Å². The van der Waals surface area contributed by atoms with Crippen molar-refractivity contribution in [1.29, 1.82) is 0 Å². The van der Waals surface area contributed by atoms with Crippen molar-refractivity contribution >= 4 is 17.5 Å². The van der Waals surface area contributed by atoms with E-state index in [9.17, 15) is 9.59 Å². The SMILES string of the molecule is COc1cc(C(=O)Nc2cccc(C(=O)N3CCOCC3)c2C)cc(OC)c1OC. The van der Waals surface area contributed by atoms with E-state index in [2.05, 4.69) is 5.32 Å². The minimum Gasteiger partial charge on any atom is -0.493 e. The summed E-state index contributed by atoms with van der Waals surface area (Å²) in [5.74, 6) is 0.754. The Hall–Kier alpha value is -3.26. The van der Waals surface area contributed by atoms with Crippen molar-refractivity contribution in [2.24, 2.45) is 0 Å². The molecule has 1 heterocycles. The Morgan fingerprint density at radius 1 is 1.00 bits per heavy atom. The predicted octanol–water partition coefficient (Wildman–Crippen LogP) is 2.75. The number of hydrogen-bond donors (Lipinski definition) is 1. The highest BCUT2D eigenvalue weighted by atomic mass is 16.5. The first-order chi connectivity index (χ1) is 14.5. The predicted molar refractivity (Wildman–Crippen MR) is 112 cm³/mol. The summed E-state index contributed by atoms with van der Waals surface area (Å²) in [4.78, 5) is 27.5. The van der Waals surface area contributed by atoms with Crippen LogP contribution in [0.3, 0.4) is 0 Å². The van der Waals surface area contributed by atoms with Crippen molar-refractivity contribution in [3.8, 4) is 17.2 Å². The maximum atomic E-state index is 12.9. The molecule has 0 aromatic heterocycles. The van der Waals surface area contributed by atoms with Crippen LogP contribution in [0.4, 0.5) is 5.69 Å². The molecular formula is C22H26N2O6. The molecule has 0 saturated carbocycles. The average Bonchev–Trinajstić information content (AvgIpc) is 2.79. The highest BCUT2D eigenvalue weighted by Crippen LogP contribution is 2.38. The lowest BCUT2D eigenvalue weighted by Gasteiger charge is -2.27. The lowest BCUT2D eigenvalue weighted by Crippen LogP contribution is -2.41. The Morgan fingerprint density at radius 3 is 2.20 bits per heavy atom. The van der Waals surface area contributed by atoms with Gasteiger partial charge in [-0.3, -0.25) is 9.59 Å². The number of amides is 2. The molecule has 2 amide bonds. The van der Waals surface area contributed by atoms with Gasteiger partial charge in [0.1, 0.15) is 0 Å². The number of carbonyl (C=O) groups is 2. The molecule has 0 atom stereocenters. The van der Waals surface area contributed by atoms with E-state index in [4.69, 9.17) is 18.9 Å². The Bertz CT molecular complexity index is 912. The van der Waals surface area contributed by atoms with E-state index in [-0.39, 0.29) is 11.8 Å². The third-order valence-corrected chi connectivity index (χ3v) is 5.04. The molecule has 30 heavy (non-hydrogen) atoms. The number of benzene rings is 2. The molecule has 8 nitrogen and oxygen atoms in total. The lowest BCUT2D eigenvalue weighted by atomic mass is 10.0. The summed E-state index contributed by atoms with van der Waals surface area (Å²) >= 11 is 0. The number of morpholine rings is 1. The first-order valence-electron chi connectivity index (χ1n) is 9.58. The molecule has 0 bridgehead atoms. The molecule has 1 aliphatic rings. The second-order valence-corrected chi connectivity index (χ2v) is 6.75. The fraction of sp³-hybridized carbons (Fsp3) is 0.364. The van der Waals surface area contributed by atoms with Gasteiger partial charge < -0.3 is 29.2 Å². The maximum Gasteiger partial charge on any atom is 0.255 e. The number of methoxy groups -OCH3 is 3. The van der Waals surface area contributed by atoms with Gasteiger partial charge in [0, 0.05) is 29.9 Å². The van der Waals surface area contributed by atoms with E-state index < -0.39 is 0 Å². The summed E-state index contributed by atoms with van der Waals surface area (Å²) in [7, 11) is 4.48. The van der Waals surface area contributed by atoms with Crippen molar-refractivity contribution in [1.82, 2.24) is 4.90 Å². The van der Waals surface area contributed by atoms with E-state index in [0.29, 0.717) is 65.9 Å². The van der Waals surface area contributed by atoms with E-state index in [1.54, 1.807) is 35.2 Å². The summed E-state index contributed by atoms with van der Waals surface area (Å²) in [6.07, 6.45) is 0. The second kappa shape index (κ2) is 9.49. The van der Waals surface area contributed by atoms with E-state index in [1.165, 1.54) is 21.3 Å². The Kier molecular flexibility index (Phi) is 6.79. The number of nitrogens with one attached hydrogen (secondary N) is 1. The van der Waals surface area contributed by atoms with Crippen molar-refractivity contribution in [2.75, 3.05) is 52.9 Å². The first kappa shape index (κ1) is 21.4. The van der Waals surface area contributed by atoms with Crippen LogP contribution in [0.5, 0.6) is 17.2 Å². The van der Waals surface area contributed by atoms with Gasteiger partial charge in [-0.15, -0.1) is 0 Å². The fourth-order valence-electron chi connectivity index (χ4n) is 3.35. The van der Waals surface area contributed by atoms with Gasteiger partial charge in [0.2, 0.25) is 5.75 Å². The molecule has 1 fully saturated rings. The quantitative estimate of drug-likeness (QED) is 0.782. The average molecular weight is 414 g/mol. The van der Waals surface area contributed by atoms with E-state index in [1.807, 2.05) is 6.92 Å². The molecule has 0 aliphatic carbocycles. The zero-order valence-electron chi connectivity index (χ0n) is 17.6. The van der Waals surface area contributed by atoms with Crippen LogP contribution in [0.25, 0.3) is 0 Å². The molecule has 0 radical (unpaired) electrons. The summed E-state index contributed by atoms with van der Waals surface area (Å²) < 4.78 is 21.2. The van der Waals surface area contributed by atoms with Crippen LogP contribution in [-0.2, 0) is 4.74 Å². The molecule has 8 heteroatoms. The van der Waals surface area contributed by atoms with Crippen molar-refractivity contribution in [3.05, 3.63) is 47.0 Å². The molecule has 0 spiro atoms. The van der Waals surface area contributed by atoms with Crippen LogP contribution in [0.1, 0.15) is 26.3 Å². The molecule has 2 aromatic rings. The van der Waals surface area contributed by atoms with Crippen LogP contribution in [0.15, 0.2) is 30.3 Å². The van der Waals surface area contributed by atoms with Crippen molar-refractivity contribution in [2.45, 2.75) is 6.92 Å². The Balaban J connectivity index is 1.86. The van der Waals surface area contributed by atoms with Crippen molar-refractivity contribution < 1.29 is 28.5 Å². The van der Waals surface area contributed by atoms with Gasteiger partial charge in [-0.25, -0.2) is 0 Å². The minimum absolute atomic E-state index is 0.0697. The molecule has 0 unspecified atom stereocenters. The third kappa shape index (κ3) is 4.33. The van der Waals surface area contributed by atoms with Gasteiger partial charge in [-0.2, -0.15) is 0 Å².